The van der Waals surface area contributed by atoms with Gasteiger partial charge in [-0.25, -0.2) is 0 Å². The number of ether oxygens (including phenoxy) is 1. The zero-order valence-corrected chi connectivity index (χ0v) is 18.5. The maximum atomic E-state index is 6.43. The fraction of sp³-hybridized carbons (Fsp3) is 0.680. The number of fused-ring (bicyclic) bond motifs is 1. The quantitative estimate of drug-likeness (QED) is 0.471. The molecule has 1 aliphatic heterocycles. The molecule has 0 N–H and O–H groups in total. The lowest BCUT2D eigenvalue weighted by atomic mass is 9.77. The van der Waals surface area contributed by atoms with Crippen LogP contribution in [0.1, 0.15) is 111 Å². The second kappa shape index (κ2) is 8.19. The van der Waals surface area contributed by atoms with Crippen LogP contribution in [0.4, 0.5) is 0 Å². The molecule has 1 heterocycles. The van der Waals surface area contributed by atoms with E-state index in [0.29, 0.717) is 0 Å². The number of benzene rings is 1. The summed E-state index contributed by atoms with van der Waals surface area (Å²) in [5, 5.41) is 0. The van der Waals surface area contributed by atoms with Crippen LogP contribution in [0.25, 0.3) is 0 Å². The van der Waals surface area contributed by atoms with Crippen molar-refractivity contribution < 1.29 is 4.74 Å². The van der Waals surface area contributed by atoms with Crippen LogP contribution in [-0.2, 0) is 17.3 Å². The average molecular weight is 357 g/mol. The van der Waals surface area contributed by atoms with E-state index in [4.69, 9.17) is 4.74 Å². The van der Waals surface area contributed by atoms with Gasteiger partial charge in [0.05, 0.1) is 0 Å². The molecule has 0 aliphatic carbocycles. The molecule has 0 saturated carbocycles. The highest BCUT2D eigenvalue weighted by atomic mass is 16.5. The molecule has 0 fully saturated rings. The van der Waals surface area contributed by atoms with Crippen molar-refractivity contribution >= 4 is 0 Å². The van der Waals surface area contributed by atoms with Crippen molar-refractivity contribution in [2.24, 2.45) is 0 Å². The Morgan fingerprint density at radius 3 is 2.12 bits per heavy atom. The molecule has 2 rings (SSSR count). The third-order valence-corrected chi connectivity index (χ3v) is 5.58. The van der Waals surface area contributed by atoms with E-state index in [1.807, 2.05) is 0 Å². The van der Waals surface area contributed by atoms with Crippen LogP contribution in [0.3, 0.4) is 0 Å². The third kappa shape index (κ3) is 5.15. The van der Waals surface area contributed by atoms with E-state index in [9.17, 15) is 0 Å². The van der Waals surface area contributed by atoms with Crippen molar-refractivity contribution in [3.8, 4) is 5.75 Å². The van der Waals surface area contributed by atoms with Gasteiger partial charge in [0, 0.05) is 12.0 Å². The minimum atomic E-state index is 0.0866. The number of rotatable bonds is 6. The van der Waals surface area contributed by atoms with Crippen LogP contribution >= 0.6 is 0 Å². The summed E-state index contributed by atoms with van der Waals surface area (Å²) in [7, 11) is 0. The number of allylic oxidation sites excluding steroid dienone is 2. The molecule has 1 nitrogen and oxygen atoms in total. The summed E-state index contributed by atoms with van der Waals surface area (Å²) in [6, 6.07) is 4.77. The van der Waals surface area contributed by atoms with Crippen molar-refractivity contribution in [2.45, 2.75) is 111 Å². The molecule has 0 radical (unpaired) electrons. The Bertz CT molecular complexity index is 650. The van der Waals surface area contributed by atoms with Gasteiger partial charge in [-0.2, -0.15) is 0 Å². The minimum Gasteiger partial charge on any atom is -0.461 e. The molecule has 0 unspecified atom stereocenters. The highest BCUT2D eigenvalue weighted by Gasteiger charge is 2.29. The van der Waals surface area contributed by atoms with Crippen molar-refractivity contribution in [2.75, 3.05) is 0 Å². The van der Waals surface area contributed by atoms with Gasteiger partial charge in [0.15, 0.2) is 0 Å². The molecule has 0 atom stereocenters. The van der Waals surface area contributed by atoms with E-state index in [-0.39, 0.29) is 10.8 Å². The molecular formula is C25H40O. The molecule has 146 valence electrons. The first-order chi connectivity index (χ1) is 12.0. The van der Waals surface area contributed by atoms with E-state index in [0.717, 1.165) is 17.9 Å². The number of unbranched alkanes of at least 4 members (excludes halogenated alkanes) is 4. The third-order valence-electron chi connectivity index (χ3n) is 5.58. The van der Waals surface area contributed by atoms with E-state index in [2.05, 4.69) is 67.5 Å². The largest absolute Gasteiger partial charge is 0.461 e. The highest BCUT2D eigenvalue weighted by Crippen LogP contribution is 2.43. The van der Waals surface area contributed by atoms with Gasteiger partial charge >= 0.3 is 0 Å². The van der Waals surface area contributed by atoms with Gasteiger partial charge in [-0.15, -0.1) is 0 Å². The van der Waals surface area contributed by atoms with Gasteiger partial charge in [0.1, 0.15) is 11.5 Å². The van der Waals surface area contributed by atoms with Crippen molar-refractivity contribution in [3.05, 3.63) is 40.2 Å². The SMILES string of the molecule is CCCCCCCC1=C(C)Oc2c(cc(C(C)(C)C)cc2C(C)(C)C)C1. The summed E-state index contributed by atoms with van der Waals surface area (Å²) in [6.45, 7) is 18.2. The number of hydrogen-bond acceptors (Lipinski definition) is 1. The average Bonchev–Trinajstić information content (AvgIpc) is 2.52. The molecule has 0 bridgehead atoms. The first kappa shape index (κ1) is 21.1. The second-order valence-electron chi connectivity index (χ2n) is 10.1. The summed E-state index contributed by atoms with van der Waals surface area (Å²) in [5.41, 5.74) is 5.90. The zero-order valence-electron chi connectivity index (χ0n) is 18.5. The summed E-state index contributed by atoms with van der Waals surface area (Å²) >= 11 is 0. The first-order valence-electron chi connectivity index (χ1n) is 10.6. The summed E-state index contributed by atoms with van der Waals surface area (Å²) in [5.74, 6) is 2.26. The minimum absolute atomic E-state index is 0.0866. The monoisotopic (exact) mass is 356 g/mol. The van der Waals surface area contributed by atoms with Crippen LogP contribution in [0.15, 0.2) is 23.5 Å². The smallest absolute Gasteiger partial charge is 0.134 e. The maximum absolute atomic E-state index is 6.43. The summed E-state index contributed by atoms with van der Waals surface area (Å²) < 4.78 is 6.43. The normalized spacial score (nSPS) is 15.1. The lowest BCUT2D eigenvalue weighted by molar-refractivity contribution is 0.381. The van der Waals surface area contributed by atoms with Gasteiger partial charge in [-0.1, -0.05) is 86.3 Å². The molecule has 0 amide bonds. The Hall–Kier alpha value is -1.24. The Morgan fingerprint density at radius 1 is 0.885 bits per heavy atom. The van der Waals surface area contributed by atoms with E-state index >= 15 is 0 Å². The van der Waals surface area contributed by atoms with Gasteiger partial charge < -0.3 is 4.74 Å². The van der Waals surface area contributed by atoms with E-state index in [1.54, 1.807) is 0 Å². The van der Waals surface area contributed by atoms with Gasteiger partial charge in [-0.3, -0.25) is 0 Å². The molecule has 1 heteroatoms. The van der Waals surface area contributed by atoms with E-state index in [1.165, 1.54) is 60.8 Å². The van der Waals surface area contributed by atoms with E-state index < -0.39 is 0 Å². The van der Waals surface area contributed by atoms with Gasteiger partial charge in [0.2, 0.25) is 0 Å². The Balaban J connectivity index is 2.28. The molecule has 0 aromatic heterocycles. The first-order valence-corrected chi connectivity index (χ1v) is 10.6. The van der Waals surface area contributed by atoms with Crippen LogP contribution in [0, 0.1) is 0 Å². The molecule has 1 aromatic carbocycles. The van der Waals surface area contributed by atoms with Crippen LogP contribution in [0.2, 0.25) is 0 Å². The molecule has 26 heavy (non-hydrogen) atoms. The highest BCUT2D eigenvalue weighted by molar-refractivity contribution is 5.53. The zero-order chi connectivity index (χ0) is 19.5. The van der Waals surface area contributed by atoms with Crippen LogP contribution in [0.5, 0.6) is 5.75 Å². The van der Waals surface area contributed by atoms with Crippen molar-refractivity contribution in [3.63, 3.8) is 0 Å². The predicted molar refractivity (Wildman–Crippen MR) is 114 cm³/mol. The molecule has 0 saturated heterocycles. The van der Waals surface area contributed by atoms with Crippen LogP contribution in [-0.4, -0.2) is 0 Å². The summed E-state index contributed by atoms with van der Waals surface area (Å²) in [6.07, 6.45) is 8.90. The van der Waals surface area contributed by atoms with Crippen molar-refractivity contribution in [1.29, 1.82) is 0 Å². The standard InChI is InChI=1S/C25H40O/c1-9-10-11-12-13-14-19-15-20-16-21(24(3,4)5)17-22(25(6,7)8)23(20)26-18(19)2/h16-17H,9-15H2,1-8H3. The molecule has 1 aromatic rings. The molecule has 0 spiro atoms. The molecular weight excluding hydrogens is 316 g/mol. The lowest BCUT2D eigenvalue weighted by Crippen LogP contribution is -2.21. The van der Waals surface area contributed by atoms with Gasteiger partial charge in [0.25, 0.3) is 0 Å². The Morgan fingerprint density at radius 2 is 1.54 bits per heavy atom. The fourth-order valence-electron chi connectivity index (χ4n) is 3.72. The maximum Gasteiger partial charge on any atom is 0.134 e. The lowest BCUT2D eigenvalue weighted by Gasteiger charge is -2.32. The Labute approximate surface area is 162 Å². The van der Waals surface area contributed by atoms with Crippen molar-refractivity contribution in [1.82, 2.24) is 0 Å². The predicted octanol–water partition coefficient (Wildman–Crippen LogP) is 7.85. The topological polar surface area (TPSA) is 9.23 Å². The Kier molecular flexibility index (Phi) is 6.64. The fourth-order valence-corrected chi connectivity index (χ4v) is 3.72. The second-order valence-corrected chi connectivity index (χ2v) is 10.1. The van der Waals surface area contributed by atoms with Gasteiger partial charge in [-0.05, 0) is 47.3 Å². The molecule has 1 aliphatic rings. The van der Waals surface area contributed by atoms with Crippen LogP contribution < -0.4 is 4.74 Å². The summed E-state index contributed by atoms with van der Waals surface area (Å²) in [4.78, 5) is 0. The number of hydrogen-bond donors (Lipinski definition) is 0.